The first-order chi connectivity index (χ1) is 7.99. The van der Waals surface area contributed by atoms with Crippen molar-refractivity contribution in [3.63, 3.8) is 0 Å². The second kappa shape index (κ2) is 6.55. The molecular formula is C13H20BrNOS. The van der Waals surface area contributed by atoms with E-state index in [9.17, 15) is 4.79 Å². The SMILES string of the molecule is CCC(CC)C(C)NC(=O)c1cc(C)c(Br)s1. The first-order valence-corrected chi connectivity index (χ1v) is 7.67. The Morgan fingerprint density at radius 3 is 2.47 bits per heavy atom. The monoisotopic (exact) mass is 317 g/mol. The van der Waals surface area contributed by atoms with Crippen LogP contribution in [0.25, 0.3) is 0 Å². The van der Waals surface area contributed by atoms with Crippen molar-refractivity contribution in [3.05, 3.63) is 20.3 Å². The molecule has 0 aromatic carbocycles. The van der Waals surface area contributed by atoms with E-state index in [1.54, 1.807) is 0 Å². The summed E-state index contributed by atoms with van der Waals surface area (Å²) in [6.45, 7) is 8.43. The largest absolute Gasteiger partial charge is 0.349 e. The highest BCUT2D eigenvalue weighted by molar-refractivity contribution is 9.11. The minimum Gasteiger partial charge on any atom is -0.349 e. The Hall–Kier alpha value is -0.350. The lowest BCUT2D eigenvalue weighted by Crippen LogP contribution is -2.37. The molecule has 0 saturated carbocycles. The Bertz CT molecular complexity index is 365. The number of aryl methyl sites for hydroxylation is 1. The zero-order valence-corrected chi connectivity index (χ0v) is 13.2. The number of nitrogens with one attached hydrogen (secondary N) is 1. The number of hydrogen-bond donors (Lipinski definition) is 1. The molecule has 1 N–H and O–H groups in total. The van der Waals surface area contributed by atoms with Crippen LogP contribution >= 0.6 is 27.3 Å². The highest BCUT2D eigenvalue weighted by Crippen LogP contribution is 2.27. The van der Waals surface area contributed by atoms with Crippen LogP contribution < -0.4 is 5.32 Å². The van der Waals surface area contributed by atoms with Crippen LogP contribution in [0.15, 0.2) is 9.85 Å². The van der Waals surface area contributed by atoms with Gasteiger partial charge in [-0.1, -0.05) is 26.7 Å². The van der Waals surface area contributed by atoms with Gasteiger partial charge in [0.25, 0.3) is 5.91 Å². The van der Waals surface area contributed by atoms with Crippen LogP contribution in [0, 0.1) is 12.8 Å². The number of amides is 1. The van der Waals surface area contributed by atoms with Gasteiger partial charge in [-0.05, 0) is 47.3 Å². The molecule has 1 atom stereocenters. The Morgan fingerprint density at radius 1 is 1.47 bits per heavy atom. The summed E-state index contributed by atoms with van der Waals surface area (Å²) < 4.78 is 1.04. The Balaban J connectivity index is 2.66. The third-order valence-corrected chi connectivity index (χ3v) is 5.33. The minimum absolute atomic E-state index is 0.0446. The fourth-order valence-electron chi connectivity index (χ4n) is 1.96. The highest BCUT2D eigenvalue weighted by Gasteiger charge is 2.18. The van der Waals surface area contributed by atoms with E-state index in [1.807, 2.05) is 13.0 Å². The topological polar surface area (TPSA) is 29.1 Å². The van der Waals surface area contributed by atoms with Crippen LogP contribution in [-0.2, 0) is 0 Å². The van der Waals surface area contributed by atoms with Crippen molar-refractivity contribution in [2.24, 2.45) is 5.92 Å². The van der Waals surface area contributed by atoms with Gasteiger partial charge in [-0.2, -0.15) is 0 Å². The van der Waals surface area contributed by atoms with Crippen LogP contribution in [0.1, 0.15) is 48.8 Å². The molecule has 1 aromatic rings. The van der Waals surface area contributed by atoms with Crippen LogP contribution in [-0.4, -0.2) is 11.9 Å². The van der Waals surface area contributed by atoms with Gasteiger partial charge in [-0.15, -0.1) is 11.3 Å². The summed E-state index contributed by atoms with van der Waals surface area (Å²) in [4.78, 5) is 12.8. The Kier molecular flexibility index (Phi) is 5.67. The number of hydrogen-bond acceptors (Lipinski definition) is 2. The lowest BCUT2D eigenvalue weighted by atomic mass is 9.95. The maximum atomic E-state index is 12.0. The molecule has 0 aliphatic carbocycles. The number of carbonyl (C=O) groups is 1. The van der Waals surface area contributed by atoms with Crippen molar-refractivity contribution in [1.29, 1.82) is 0 Å². The van der Waals surface area contributed by atoms with Crippen LogP contribution in [0.4, 0.5) is 0 Å². The molecule has 2 nitrogen and oxygen atoms in total. The molecule has 96 valence electrons. The van der Waals surface area contributed by atoms with Gasteiger partial charge >= 0.3 is 0 Å². The second-order valence-electron chi connectivity index (χ2n) is 4.41. The van der Waals surface area contributed by atoms with Gasteiger partial charge in [0.2, 0.25) is 0 Å². The lowest BCUT2D eigenvalue weighted by Gasteiger charge is -2.22. The fraction of sp³-hybridized carbons (Fsp3) is 0.615. The van der Waals surface area contributed by atoms with Crippen LogP contribution in [0.3, 0.4) is 0 Å². The Morgan fingerprint density at radius 2 is 2.06 bits per heavy atom. The molecule has 1 unspecified atom stereocenters. The summed E-state index contributed by atoms with van der Waals surface area (Å²) in [5.41, 5.74) is 1.12. The molecule has 0 aliphatic rings. The normalized spacial score (nSPS) is 12.8. The molecule has 1 rings (SSSR count). The van der Waals surface area contributed by atoms with E-state index >= 15 is 0 Å². The molecule has 1 aromatic heterocycles. The van der Waals surface area contributed by atoms with E-state index in [1.165, 1.54) is 11.3 Å². The zero-order chi connectivity index (χ0) is 13.0. The lowest BCUT2D eigenvalue weighted by molar-refractivity contribution is 0.0929. The van der Waals surface area contributed by atoms with Crippen molar-refractivity contribution in [3.8, 4) is 0 Å². The highest BCUT2D eigenvalue weighted by atomic mass is 79.9. The van der Waals surface area contributed by atoms with Gasteiger partial charge in [0.15, 0.2) is 0 Å². The van der Waals surface area contributed by atoms with Gasteiger partial charge in [-0.25, -0.2) is 0 Å². The molecule has 0 bridgehead atoms. The average Bonchev–Trinajstić information content (AvgIpc) is 2.61. The number of halogens is 1. The van der Waals surface area contributed by atoms with E-state index in [4.69, 9.17) is 0 Å². The van der Waals surface area contributed by atoms with Crippen molar-refractivity contribution >= 4 is 33.2 Å². The van der Waals surface area contributed by atoms with E-state index in [-0.39, 0.29) is 11.9 Å². The van der Waals surface area contributed by atoms with Crippen molar-refractivity contribution in [2.75, 3.05) is 0 Å². The fourth-order valence-corrected chi connectivity index (χ4v) is 3.40. The summed E-state index contributed by atoms with van der Waals surface area (Å²) in [7, 11) is 0. The molecule has 0 saturated heterocycles. The number of carbonyl (C=O) groups excluding carboxylic acids is 1. The molecule has 0 fully saturated rings. The van der Waals surface area contributed by atoms with E-state index in [2.05, 4.69) is 42.0 Å². The second-order valence-corrected chi connectivity index (χ2v) is 6.78. The van der Waals surface area contributed by atoms with E-state index in [0.717, 1.165) is 27.1 Å². The molecular weight excluding hydrogens is 298 g/mol. The molecule has 0 radical (unpaired) electrons. The molecule has 0 aliphatic heterocycles. The zero-order valence-electron chi connectivity index (χ0n) is 10.8. The molecule has 4 heteroatoms. The smallest absolute Gasteiger partial charge is 0.261 e. The number of rotatable bonds is 5. The van der Waals surface area contributed by atoms with Gasteiger partial charge in [-0.3, -0.25) is 4.79 Å². The molecule has 1 amide bonds. The third kappa shape index (κ3) is 3.81. The summed E-state index contributed by atoms with van der Waals surface area (Å²) in [6, 6.07) is 2.17. The molecule has 1 heterocycles. The summed E-state index contributed by atoms with van der Waals surface area (Å²) >= 11 is 4.94. The summed E-state index contributed by atoms with van der Waals surface area (Å²) in [5.74, 6) is 0.603. The van der Waals surface area contributed by atoms with Gasteiger partial charge in [0.05, 0.1) is 8.66 Å². The maximum Gasteiger partial charge on any atom is 0.261 e. The van der Waals surface area contributed by atoms with Crippen molar-refractivity contribution in [2.45, 2.75) is 46.6 Å². The summed E-state index contributed by atoms with van der Waals surface area (Å²) in [6.07, 6.45) is 2.20. The van der Waals surface area contributed by atoms with Gasteiger partial charge < -0.3 is 5.32 Å². The first kappa shape index (κ1) is 14.7. The average molecular weight is 318 g/mol. The maximum absolute atomic E-state index is 12.0. The van der Waals surface area contributed by atoms with Gasteiger partial charge in [0, 0.05) is 6.04 Å². The van der Waals surface area contributed by atoms with Crippen molar-refractivity contribution < 1.29 is 4.79 Å². The summed E-state index contributed by atoms with van der Waals surface area (Å²) in [5, 5.41) is 3.09. The first-order valence-electron chi connectivity index (χ1n) is 6.06. The van der Waals surface area contributed by atoms with Gasteiger partial charge in [0.1, 0.15) is 0 Å². The van der Waals surface area contributed by atoms with Crippen molar-refractivity contribution in [1.82, 2.24) is 5.32 Å². The Labute approximate surface area is 116 Å². The molecule has 0 spiro atoms. The predicted molar refractivity (Wildman–Crippen MR) is 77.8 cm³/mol. The van der Waals surface area contributed by atoms with E-state index < -0.39 is 0 Å². The quantitative estimate of drug-likeness (QED) is 0.858. The molecule has 17 heavy (non-hydrogen) atoms. The standard InChI is InChI=1S/C13H20BrNOS/c1-5-10(6-2)9(4)15-13(16)11-7-8(3)12(14)17-11/h7,9-10H,5-6H2,1-4H3,(H,15,16). The van der Waals surface area contributed by atoms with Crippen LogP contribution in [0.5, 0.6) is 0 Å². The number of thiophene rings is 1. The predicted octanol–water partition coefficient (Wildman–Crippen LogP) is 4.37. The minimum atomic E-state index is 0.0446. The third-order valence-electron chi connectivity index (χ3n) is 3.20. The van der Waals surface area contributed by atoms with Crippen LogP contribution in [0.2, 0.25) is 0 Å². The van der Waals surface area contributed by atoms with E-state index in [0.29, 0.717) is 5.92 Å².